The molecule has 0 bridgehead atoms. The highest BCUT2D eigenvalue weighted by atomic mass is 32.2. The summed E-state index contributed by atoms with van der Waals surface area (Å²) in [6.07, 6.45) is 0.973. The van der Waals surface area contributed by atoms with E-state index in [0.29, 0.717) is 6.04 Å². The molecule has 0 radical (unpaired) electrons. The smallest absolute Gasteiger partial charge is 0.117 e. The van der Waals surface area contributed by atoms with Crippen LogP contribution in [0.15, 0.2) is 16.5 Å². The molecule has 0 spiro atoms. The van der Waals surface area contributed by atoms with Crippen molar-refractivity contribution in [1.29, 1.82) is 0 Å². The standard InChI is InChI=1S/C12H21NOS/c1-4-11-6-7-12(14-11)8-13-10(3)9-15-5-2/h6-7,10,13H,4-5,8-9H2,1-3H3. The number of hydrogen-bond acceptors (Lipinski definition) is 3. The normalized spacial score (nSPS) is 13.0. The Morgan fingerprint density at radius 1 is 1.33 bits per heavy atom. The zero-order valence-electron chi connectivity index (χ0n) is 9.88. The van der Waals surface area contributed by atoms with Crippen LogP contribution in [-0.4, -0.2) is 17.5 Å². The average molecular weight is 227 g/mol. The number of hydrogen-bond donors (Lipinski definition) is 1. The van der Waals surface area contributed by atoms with Crippen molar-refractivity contribution in [2.24, 2.45) is 0 Å². The van der Waals surface area contributed by atoms with Crippen molar-refractivity contribution in [1.82, 2.24) is 5.32 Å². The maximum Gasteiger partial charge on any atom is 0.117 e. The minimum atomic E-state index is 0.546. The number of nitrogens with one attached hydrogen (secondary N) is 1. The number of aryl methyl sites for hydroxylation is 1. The lowest BCUT2D eigenvalue weighted by molar-refractivity contribution is 0.439. The molecule has 0 aliphatic heterocycles. The van der Waals surface area contributed by atoms with Crippen LogP contribution < -0.4 is 5.32 Å². The molecule has 1 N–H and O–H groups in total. The molecule has 0 saturated carbocycles. The summed E-state index contributed by atoms with van der Waals surface area (Å²) in [5.74, 6) is 4.47. The van der Waals surface area contributed by atoms with Gasteiger partial charge in [-0.25, -0.2) is 0 Å². The van der Waals surface area contributed by atoms with Crippen molar-refractivity contribution in [3.05, 3.63) is 23.7 Å². The molecule has 0 aliphatic rings. The molecule has 86 valence electrons. The number of furan rings is 1. The van der Waals surface area contributed by atoms with Gasteiger partial charge in [-0.2, -0.15) is 11.8 Å². The van der Waals surface area contributed by atoms with Crippen LogP contribution in [0.3, 0.4) is 0 Å². The van der Waals surface area contributed by atoms with Gasteiger partial charge < -0.3 is 9.73 Å². The lowest BCUT2D eigenvalue weighted by Crippen LogP contribution is -2.27. The fourth-order valence-electron chi connectivity index (χ4n) is 1.34. The van der Waals surface area contributed by atoms with Crippen molar-refractivity contribution in [2.45, 2.75) is 39.8 Å². The average Bonchev–Trinajstić information content (AvgIpc) is 2.71. The zero-order chi connectivity index (χ0) is 11.1. The van der Waals surface area contributed by atoms with E-state index in [1.165, 1.54) is 5.75 Å². The molecule has 0 fully saturated rings. The molecule has 1 aromatic rings. The van der Waals surface area contributed by atoms with E-state index >= 15 is 0 Å². The Balaban J connectivity index is 2.24. The minimum Gasteiger partial charge on any atom is -0.465 e. The van der Waals surface area contributed by atoms with Crippen LogP contribution in [0.1, 0.15) is 32.3 Å². The van der Waals surface area contributed by atoms with E-state index in [9.17, 15) is 0 Å². The van der Waals surface area contributed by atoms with Crippen molar-refractivity contribution >= 4 is 11.8 Å². The lowest BCUT2D eigenvalue weighted by Gasteiger charge is -2.11. The zero-order valence-corrected chi connectivity index (χ0v) is 10.7. The third-order valence-electron chi connectivity index (χ3n) is 2.26. The van der Waals surface area contributed by atoms with E-state index in [0.717, 1.165) is 30.2 Å². The van der Waals surface area contributed by atoms with Crippen LogP contribution in [0.2, 0.25) is 0 Å². The molecule has 1 unspecified atom stereocenters. The van der Waals surface area contributed by atoms with Gasteiger partial charge in [0.25, 0.3) is 0 Å². The Kier molecular flexibility index (Phi) is 5.88. The van der Waals surface area contributed by atoms with Crippen LogP contribution in [0.4, 0.5) is 0 Å². The molecule has 15 heavy (non-hydrogen) atoms. The van der Waals surface area contributed by atoms with Crippen molar-refractivity contribution in [3.8, 4) is 0 Å². The molecule has 1 heterocycles. The van der Waals surface area contributed by atoms with E-state index < -0.39 is 0 Å². The number of thioether (sulfide) groups is 1. The molecule has 1 aromatic heterocycles. The van der Waals surface area contributed by atoms with Gasteiger partial charge in [0.05, 0.1) is 6.54 Å². The Labute approximate surface area is 96.8 Å². The van der Waals surface area contributed by atoms with Crippen molar-refractivity contribution < 1.29 is 4.42 Å². The fraction of sp³-hybridized carbons (Fsp3) is 0.667. The predicted molar refractivity (Wildman–Crippen MR) is 67.4 cm³/mol. The quantitative estimate of drug-likeness (QED) is 0.775. The van der Waals surface area contributed by atoms with Crippen LogP contribution >= 0.6 is 11.8 Å². The SMILES string of the molecule is CCSCC(C)NCc1ccc(CC)o1. The first-order valence-electron chi connectivity index (χ1n) is 5.65. The molecule has 3 heteroatoms. The summed E-state index contributed by atoms with van der Waals surface area (Å²) in [6.45, 7) is 7.35. The minimum absolute atomic E-state index is 0.546. The molecule has 1 rings (SSSR count). The van der Waals surface area contributed by atoms with Gasteiger partial charge in [-0.15, -0.1) is 0 Å². The van der Waals surface area contributed by atoms with E-state index in [1.54, 1.807) is 0 Å². The van der Waals surface area contributed by atoms with Gasteiger partial charge >= 0.3 is 0 Å². The van der Waals surface area contributed by atoms with E-state index in [4.69, 9.17) is 4.42 Å². The Morgan fingerprint density at radius 3 is 2.67 bits per heavy atom. The van der Waals surface area contributed by atoms with Crippen molar-refractivity contribution in [3.63, 3.8) is 0 Å². The summed E-state index contributed by atoms with van der Waals surface area (Å²) in [6, 6.07) is 4.67. The van der Waals surface area contributed by atoms with Crippen LogP contribution in [0, 0.1) is 0 Å². The van der Waals surface area contributed by atoms with Gasteiger partial charge in [0.2, 0.25) is 0 Å². The highest BCUT2D eigenvalue weighted by Gasteiger charge is 2.03. The Bertz CT molecular complexity index is 272. The number of rotatable bonds is 7. The Hall–Kier alpha value is -0.410. The van der Waals surface area contributed by atoms with Gasteiger partial charge in [0.15, 0.2) is 0 Å². The molecular formula is C12H21NOS. The topological polar surface area (TPSA) is 25.2 Å². The second-order valence-electron chi connectivity index (χ2n) is 3.66. The summed E-state index contributed by atoms with van der Waals surface area (Å²) in [7, 11) is 0. The third kappa shape index (κ3) is 4.76. The van der Waals surface area contributed by atoms with Gasteiger partial charge in [-0.3, -0.25) is 0 Å². The van der Waals surface area contributed by atoms with Gasteiger partial charge in [0, 0.05) is 18.2 Å². The van der Waals surface area contributed by atoms with Crippen molar-refractivity contribution in [2.75, 3.05) is 11.5 Å². The molecule has 0 saturated heterocycles. The predicted octanol–water partition coefficient (Wildman–Crippen LogP) is 3.07. The molecule has 1 atom stereocenters. The van der Waals surface area contributed by atoms with Gasteiger partial charge in [-0.1, -0.05) is 13.8 Å². The molecule has 0 aliphatic carbocycles. The maximum atomic E-state index is 5.62. The monoisotopic (exact) mass is 227 g/mol. The second-order valence-corrected chi connectivity index (χ2v) is 4.98. The third-order valence-corrected chi connectivity index (χ3v) is 3.41. The first kappa shape index (κ1) is 12.7. The molecule has 2 nitrogen and oxygen atoms in total. The van der Waals surface area contributed by atoms with Crippen LogP contribution in [0.25, 0.3) is 0 Å². The summed E-state index contributed by atoms with van der Waals surface area (Å²) in [5, 5.41) is 3.46. The van der Waals surface area contributed by atoms with E-state index in [2.05, 4.69) is 38.2 Å². The lowest BCUT2D eigenvalue weighted by atomic mass is 10.3. The highest BCUT2D eigenvalue weighted by molar-refractivity contribution is 7.99. The molecule has 0 aromatic carbocycles. The van der Waals surface area contributed by atoms with Gasteiger partial charge in [0.1, 0.15) is 11.5 Å². The fourth-order valence-corrected chi connectivity index (χ4v) is 2.04. The second kappa shape index (κ2) is 6.96. The molecule has 0 amide bonds. The summed E-state index contributed by atoms with van der Waals surface area (Å²) >= 11 is 1.97. The maximum absolute atomic E-state index is 5.62. The Morgan fingerprint density at radius 2 is 2.07 bits per heavy atom. The van der Waals surface area contributed by atoms with Gasteiger partial charge in [-0.05, 0) is 24.8 Å². The first-order valence-corrected chi connectivity index (χ1v) is 6.80. The first-order chi connectivity index (χ1) is 7.26. The highest BCUT2D eigenvalue weighted by Crippen LogP contribution is 2.09. The van der Waals surface area contributed by atoms with E-state index in [-0.39, 0.29) is 0 Å². The summed E-state index contributed by atoms with van der Waals surface area (Å²) in [4.78, 5) is 0. The summed E-state index contributed by atoms with van der Waals surface area (Å²) in [5.41, 5.74) is 0. The van der Waals surface area contributed by atoms with E-state index in [1.807, 2.05) is 11.8 Å². The van der Waals surface area contributed by atoms with Crippen LogP contribution in [0.5, 0.6) is 0 Å². The van der Waals surface area contributed by atoms with Crippen LogP contribution in [-0.2, 0) is 13.0 Å². The summed E-state index contributed by atoms with van der Waals surface area (Å²) < 4.78 is 5.62. The molecular weight excluding hydrogens is 206 g/mol. The largest absolute Gasteiger partial charge is 0.465 e.